The summed E-state index contributed by atoms with van der Waals surface area (Å²) in [5.41, 5.74) is 0.534. The van der Waals surface area contributed by atoms with E-state index in [2.05, 4.69) is 26.2 Å². The molecular formula is C17H18BrN3O4. The number of carbonyl (C=O) groups is 2. The zero-order valence-corrected chi connectivity index (χ0v) is 15.5. The van der Waals surface area contributed by atoms with Crippen LogP contribution in [-0.4, -0.2) is 40.1 Å². The van der Waals surface area contributed by atoms with Gasteiger partial charge in [-0.3, -0.25) is 9.59 Å². The van der Waals surface area contributed by atoms with Crippen LogP contribution in [0.4, 0.5) is 0 Å². The van der Waals surface area contributed by atoms with Crippen molar-refractivity contribution < 1.29 is 19.1 Å². The molecule has 7 nitrogen and oxygen atoms in total. The van der Waals surface area contributed by atoms with Crippen LogP contribution in [0.1, 0.15) is 30.1 Å². The molecule has 0 radical (unpaired) electrons. The molecule has 0 aliphatic heterocycles. The summed E-state index contributed by atoms with van der Waals surface area (Å²) in [7, 11) is 0. The van der Waals surface area contributed by atoms with Crippen LogP contribution in [0.3, 0.4) is 0 Å². The van der Waals surface area contributed by atoms with Crippen molar-refractivity contribution in [3.8, 4) is 5.69 Å². The van der Waals surface area contributed by atoms with Gasteiger partial charge in [-0.05, 0) is 26.0 Å². The Labute approximate surface area is 153 Å². The van der Waals surface area contributed by atoms with Crippen molar-refractivity contribution in [2.24, 2.45) is 5.41 Å². The number of hydrogen-bond donors (Lipinski definition) is 0. The molecule has 1 aliphatic rings. The number of esters is 2. The second-order valence-corrected chi connectivity index (χ2v) is 6.54. The lowest BCUT2D eigenvalue weighted by molar-refractivity contribution is -0.171. The predicted molar refractivity (Wildman–Crippen MR) is 92.4 cm³/mol. The van der Waals surface area contributed by atoms with Crippen molar-refractivity contribution in [3.63, 3.8) is 0 Å². The van der Waals surface area contributed by atoms with Crippen LogP contribution in [0.25, 0.3) is 5.69 Å². The number of nitrogens with zero attached hydrogens (tertiary/aromatic N) is 3. The molecule has 0 saturated heterocycles. The summed E-state index contributed by atoms with van der Waals surface area (Å²) < 4.78 is 12.0. The topological polar surface area (TPSA) is 83.3 Å². The third-order valence-electron chi connectivity index (χ3n) is 4.18. The third-order valence-corrected chi connectivity index (χ3v) is 5.39. The van der Waals surface area contributed by atoms with Crippen molar-refractivity contribution in [2.45, 2.75) is 25.1 Å². The van der Waals surface area contributed by atoms with Crippen LogP contribution < -0.4 is 0 Å². The highest BCUT2D eigenvalue weighted by Crippen LogP contribution is 2.52. The van der Waals surface area contributed by atoms with Crippen molar-refractivity contribution in [2.75, 3.05) is 13.2 Å². The molecule has 0 fully saturated rings. The Morgan fingerprint density at radius 1 is 1.20 bits per heavy atom. The molecule has 0 amide bonds. The Hall–Kier alpha value is -2.22. The van der Waals surface area contributed by atoms with Gasteiger partial charge in [-0.15, -0.1) is 5.10 Å². The van der Waals surface area contributed by atoms with Crippen LogP contribution in [-0.2, 0) is 25.5 Å². The zero-order chi connectivity index (χ0) is 18.0. The van der Waals surface area contributed by atoms with Gasteiger partial charge in [-0.2, -0.15) is 0 Å². The summed E-state index contributed by atoms with van der Waals surface area (Å²) in [6.45, 7) is 3.75. The summed E-state index contributed by atoms with van der Waals surface area (Å²) in [6.07, 6.45) is 0.0861. The first-order valence-electron chi connectivity index (χ1n) is 8.04. The quantitative estimate of drug-likeness (QED) is 0.429. The average molecular weight is 408 g/mol. The fraction of sp³-hybridized carbons (Fsp3) is 0.412. The normalized spacial score (nSPS) is 17.8. The molecule has 0 saturated carbocycles. The molecule has 8 heteroatoms. The summed E-state index contributed by atoms with van der Waals surface area (Å²) in [5, 5.41) is 8.34. The number of rotatable bonds is 5. The Morgan fingerprint density at radius 2 is 1.80 bits per heavy atom. The lowest BCUT2D eigenvalue weighted by Gasteiger charge is -2.27. The lowest BCUT2D eigenvalue weighted by Crippen LogP contribution is -2.44. The maximum Gasteiger partial charge on any atom is 0.325 e. The first-order valence-corrected chi connectivity index (χ1v) is 8.96. The number of aromatic nitrogens is 3. The van der Waals surface area contributed by atoms with Crippen LogP contribution >= 0.6 is 15.9 Å². The van der Waals surface area contributed by atoms with Gasteiger partial charge in [0.05, 0.1) is 35.1 Å². The first kappa shape index (κ1) is 17.6. The first-order chi connectivity index (χ1) is 12.1. The molecule has 1 aromatic heterocycles. The second-order valence-electron chi connectivity index (χ2n) is 5.62. The number of carbonyl (C=O) groups excluding carboxylic acids is 2. The van der Waals surface area contributed by atoms with E-state index in [1.54, 1.807) is 18.5 Å². The summed E-state index contributed by atoms with van der Waals surface area (Å²) >= 11 is 3.53. The highest BCUT2D eigenvalue weighted by atomic mass is 79.9. The van der Waals surface area contributed by atoms with Gasteiger partial charge in [-0.1, -0.05) is 39.3 Å². The summed E-state index contributed by atoms with van der Waals surface area (Å²) in [6, 6.07) is 9.41. The highest BCUT2D eigenvalue weighted by molar-refractivity contribution is 9.09. The standard InChI is InChI=1S/C17H18BrN3O4/c1-3-24-15(22)17(16(23)25-4-2)10-12-13(14(17)18)21(20-19-12)11-8-6-5-7-9-11/h5-9,14H,3-4,10H2,1-2H3. The molecule has 0 spiro atoms. The average Bonchev–Trinajstić information content (AvgIpc) is 3.15. The summed E-state index contributed by atoms with van der Waals surface area (Å²) in [4.78, 5) is 24.7. The molecule has 1 aliphatic carbocycles. The van der Waals surface area contributed by atoms with Gasteiger partial charge in [0.15, 0.2) is 5.41 Å². The van der Waals surface area contributed by atoms with E-state index >= 15 is 0 Å². The number of hydrogen-bond acceptors (Lipinski definition) is 6. The molecule has 132 valence electrons. The van der Waals surface area contributed by atoms with Crippen molar-refractivity contribution in [1.82, 2.24) is 15.0 Å². The second kappa shape index (κ2) is 6.95. The van der Waals surface area contributed by atoms with Gasteiger partial charge in [0.1, 0.15) is 0 Å². The molecule has 1 atom stereocenters. The zero-order valence-electron chi connectivity index (χ0n) is 13.9. The fourth-order valence-electron chi connectivity index (χ4n) is 3.00. The van der Waals surface area contributed by atoms with Crippen LogP contribution in [0, 0.1) is 5.41 Å². The number of halogens is 1. The van der Waals surface area contributed by atoms with Crippen LogP contribution in [0.5, 0.6) is 0 Å². The van der Waals surface area contributed by atoms with Crippen LogP contribution in [0.15, 0.2) is 30.3 Å². The number of alkyl halides is 1. The minimum absolute atomic E-state index is 0.0861. The molecular weight excluding hydrogens is 390 g/mol. The monoisotopic (exact) mass is 407 g/mol. The Bertz CT molecular complexity index is 772. The Morgan fingerprint density at radius 3 is 2.36 bits per heavy atom. The molecule has 1 heterocycles. The van der Waals surface area contributed by atoms with E-state index in [1.165, 1.54) is 0 Å². The summed E-state index contributed by atoms with van der Waals surface area (Å²) in [5.74, 6) is -1.24. The number of fused-ring (bicyclic) bond motifs is 1. The Kier molecular flexibility index (Phi) is 4.89. The minimum atomic E-state index is -1.50. The SMILES string of the molecule is CCOC(=O)C1(C(=O)OCC)Cc2nnn(-c3ccccc3)c2C1Br. The van der Waals surface area contributed by atoms with E-state index in [0.29, 0.717) is 11.4 Å². The predicted octanol–water partition coefficient (Wildman–Crippen LogP) is 2.37. The third kappa shape index (κ3) is 2.74. The van der Waals surface area contributed by atoms with Gasteiger partial charge in [0.25, 0.3) is 0 Å². The van der Waals surface area contributed by atoms with Gasteiger partial charge >= 0.3 is 11.9 Å². The molecule has 0 bridgehead atoms. The number of para-hydroxylation sites is 1. The van der Waals surface area contributed by atoms with Crippen molar-refractivity contribution in [3.05, 3.63) is 41.7 Å². The van der Waals surface area contributed by atoms with Crippen molar-refractivity contribution in [1.29, 1.82) is 0 Å². The molecule has 1 unspecified atom stereocenters. The van der Waals surface area contributed by atoms with E-state index in [-0.39, 0.29) is 19.6 Å². The van der Waals surface area contributed by atoms with E-state index in [9.17, 15) is 9.59 Å². The minimum Gasteiger partial charge on any atom is -0.465 e. The van der Waals surface area contributed by atoms with E-state index in [4.69, 9.17) is 9.47 Å². The molecule has 2 aromatic rings. The van der Waals surface area contributed by atoms with Gasteiger partial charge in [-0.25, -0.2) is 4.68 Å². The van der Waals surface area contributed by atoms with E-state index in [1.807, 2.05) is 30.3 Å². The largest absolute Gasteiger partial charge is 0.465 e. The van der Waals surface area contributed by atoms with Crippen LogP contribution in [0.2, 0.25) is 0 Å². The van der Waals surface area contributed by atoms with Crippen molar-refractivity contribution >= 4 is 27.9 Å². The Balaban J connectivity index is 2.07. The number of benzene rings is 1. The molecule has 25 heavy (non-hydrogen) atoms. The van der Waals surface area contributed by atoms with Gasteiger partial charge in [0.2, 0.25) is 0 Å². The van der Waals surface area contributed by atoms with E-state index < -0.39 is 22.2 Å². The molecule has 0 N–H and O–H groups in total. The lowest BCUT2D eigenvalue weighted by atomic mass is 9.85. The molecule has 3 rings (SSSR count). The van der Waals surface area contributed by atoms with Gasteiger partial charge < -0.3 is 9.47 Å². The fourth-order valence-corrected chi connectivity index (χ4v) is 4.00. The van der Waals surface area contributed by atoms with Gasteiger partial charge in [0, 0.05) is 6.42 Å². The number of ether oxygens (including phenoxy) is 2. The highest BCUT2D eigenvalue weighted by Gasteiger charge is 2.61. The maximum absolute atomic E-state index is 12.7. The smallest absolute Gasteiger partial charge is 0.325 e. The maximum atomic E-state index is 12.7. The molecule has 1 aromatic carbocycles. The van der Waals surface area contributed by atoms with E-state index in [0.717, 1.165) is 5.69 Å².